The fraction of sp³-hybridized carbons (Fsp3) is 0.526. The molecule has 0 N–H and O–H groups in total. The van der Waals surface area contributed by atoms with Crippen LogP contribution in [-0.4, -0.2) is 67.5 Å². The standard InChI is InChI=1S/C19H26N2O5/c1-3-26-19(24)21-13-11-20(12-14-21)18(23)6-4-5-17(22)15-7-9-16(25-2)10-8-15/h7-10H,3-6,11-14H2,1-2H3. The van der Waals surface area contributed by atoms with Crippen LogP contribution in [0.1, 0.15) is 36.5 Å². The highest BCUT2D eigenvalue weighted by atomic mass is 16.6. The van der Waals surface area contributed by atoms with Gasteiger partial charge < -0.3 is 19.3 Å². The number of benzene rings is 1. The predicted octanol–water partition coefficient (Wildman–Crippen LogP) is 2.35. The SMILES string of the molecule is CCOC(=O)N1CCN(C(=O)CCCC(=O)c2ccc(OC)cc2)CC1. The Bertz CT molecular complexity index is 621. The third kappa shape index (κ3) is 5.47. The Kier molecular flexibility index (Phi) is 7.44. The summed E-state index contributed by atoms with van der Waals surface area (Å²) in [6, 6.07) is 6.97. The van der Waals surface area contributed by atoms with Crippen LogP contribution in [0.3, 0.4) is 0 Å². The van der Waals surface area contributed by atoms with Crippen molar-refractivity contribution in [1.29, 1.82) is 0 Å². The molecular weight excluding hydrogens is 336 g/mol. The van der Waals surface area contributed by atoms with E-state index < -0.39 is 0 Å². The molecule has 1 aromatic rings. The van der Waals surface area contributed by atoms with Crippen LogP contribution in [0, 0.1) is 0 Å². The van der Waals surface area contributed by atoms with Gasteiger partial charge in [0.1, 0.15) is 5.75 Å². The third-order valence-electron chi connectivity index (χ3n) is 4.36. The van der Waals surface area contributed by atoms with E-state index in [-0.39, 0.29) is 17.8 Å². The van der Waals surface area contributed by atoms with E-state index in [1.54, 1.807) is 48.1 Å². The minimum absolute atomic E-state index is 0.0209. The molecule has 0 aliphatic carbocycles. The van der Waals surface area contributed by atoms with Crippen LogP contribution in [0.25, 0.3) is 0 Å². The van der Waals surface area contributed by atoms with E-state index in [1.165, 1.54) is 0 Å². The van der Waals surface area contributed by atoms with Gasteiger partial charge in [0.2, 0.25) is 5.91 Å². The normalized spacial score (nSPS) is 14.1. The van der Waals surface area contributed by atoms with Gasteiger partial charge in [-0.25, -0.2) is 4.79 Å². The fourth-order valence-electron chi connectivity index (χ4n) is 2.83. The van der Waals surface area contributed by atoms with Gasteiger partial charge in [0, 0.05) is 44.6 Å². The van der Waals surface area contributed by atoms with E-state index in [1.807, 2.05) is 0 Å². The summed E-state index contributed by atoms with van der Waals surface area (Å²) in [7, 11) is 1.58. The molecule has 1 heterocycles. The van der Waals surface area contributed by atoms with Crippen LogP contribution >= 0.6 is 0 Å². The highest BCUT2D eigenvalue weighted by Crippen LogP contribution is 2.14. The zero-order chi connectivity index (χ0) is 18.9. The minimum Gasteiger partial charge on any atom is -0.497 e. The highest BCUT2D eigenvalue weighted by molar-refractivity contribution is 5.96. The maximum Gasteiger partial charge on any atom is 0.409 e. The molecule has 1 saturated heterocycles. The largest absolute Gasteiger partial charge is 0.497 e. The van der Waals surface area contributed by atoms with Gasteiger partial charge in [0.25, 0.3) is 0 Å². The van der Waals surface area contributed by atoms with Crippen molar-refractivity contribution in [3.8, 4) is 5.75 Å². The van der Waals surface area contributed by atoms with Gasteiger partial charge in [0.05, 0.1) is 13.7 Å². The number of hydrogen-bond donors (Lipinski definition) is 0. The van der Waals surface area contributed by atoms with E-state index in [0.29, 0.717) is 63.4 Å². The summed E-state index contributed by atoms with van der Waals surface area (Å²) in [4.78, 5) is 39.4. The Balaban J connectivity index is 1.70. The number of carbonyl (C=O) groups excluding carboxylic acids is 3. The molecule has 0 aromatic heterocycles. The first-order chi connectivity index (χ1) is 12.5. The second-order valence-corrected chi connectivity index (χ2v) is 6.07. The Morgan fingerprint density at radius 1 is 0.962 bits per heavy atom. The zero-order valence-electron chi connectivity index (χ0n) is 15.4. The molecule has 142 valence electrons. The van der Waals surface area contributed by atoms with Crippen molar-refractivity contribution in [2.45, 2.75) is 26.2 Å². The van der Waals surface area contributed by atoms with Gasteiger partial charge in [-0.2, -0.15) is 0 Å². The fourth-order valence-corrected chi connectivity index (χ4v) is 2.83. The lowest BCUT2D eigenvalue weighted by atomic mass is 10.0. The second-order valence-electron chi connectivity index (χ2n) is 6.07. The number of hydrogen-bond acceptors (Lipinski definition) is 5. The molecule has 2 amide bonds. The average Bonchev–Trinajstić information content (AvgIpc) is 2.68. The molecule has 0 spiro atoms. The van der Waals surface area contributed by atoms with Crippen molar-refractivity contribution >= 4 is 17.8 Å². The van der Waals surface area contributed by atoms with Crippen molar-refractivity contribution in [1.82, 2.24) is 9.80 Å². The molecule has 1 aromatic carbocycles. The molecule has 7 nitrogen and oxygen atoms in total. The maximum absolute atomic E-state index is 12.3. The summed E-state index contributed by atoms with van der Waals surface area (Å²) in [6.45, 7) is 4.09. The summed E-state index contributed by atoms with van der Waals surface area (Å²) in [5.74, 6) is 0.752. The van der Waals surface area contributed by atoms with Crippen LogP contribution in [0.5, 0.6) is 5.75 Å². The highest BCUT2D eigenvalue weighted by Gasteiger charge is 2.24. The molecule has 1 fully saturated rings. The number of Topliss-reactive ketones (excluding diaryl/α,β-unsaturated/α-hetero) is 1. The maximum atomic E-state index is 12.3. The van der Waals surface area contributed by atoms with Crippen LogP contribution < -0.4 is 4.74 Å². The number of ether oxygens (including phenoxy) is 2. The molecule has 7 heteroatoms. The number of rotatable bonds is 7. The van der Waals surface area contributed by atoms with Gasteiger partial charge in [0.15, 0.2) is 5.78 Å². The molecule has 0 saturated carbocycles. The van der Waals surface area contributed by atoms with Crippen LogP contribution in [0.4, 0.5) is 4.79 Å². The predicted molar refractivity (Wildman–Crippen MR) is 96.4 cm³/mol. The first kappa shape index (κ1) is 19.8. The first-order valence-corrected chi connectivity index (χ1v) is 8.92. The quantitative estimate of drug-likeness (QED) is 0.696. The van der Waals surface area contributed by atoms with Gasteiger partial charge >= 0.3 is 6.09 Å². The molecule has 2 rings (SSSR count). The van der Waals surface area contributed by atoms with Crippen molar-refractivity contribution in [2.75, 3.05) is 39.9 Å². The number of piperazine rings is 1. The number of methoxy groups -OCH3 is 1. The lowest BCUT2D eigenvalue weighted by molar-refractivity contribution is -0.132. The Morgan fingerprint density at radius 3 is 2.15 bits per heavy atom. The first-order valence-electron chi connectivity index (χ1n) is 8.92. The van der Waals surface area contributed by atoms with Gasteiger partial charge in [-0.05, 0) is 37.6 Å². The number of carbonyl (C=O) groups is 3. The molecule has 1 aliphatic heterocycles. The van der Waals surface area contributed by atoms with Gasteiger partial charge in [-0.3, -0.25) is 9.59 Å². The lowest BCUT2D eigenvalue weighted by Gasteiger charge is -2.34. The Labute approximate surface area is 153 Å². The summed E-state index contributed by atoms with van der Waals surface area (Å²) in [5, 5.41) is 0. The summed E-state index contributed by atoms with van der Waals surface area (Å²) in [5.41, 5.74) is 0.626. The molecule has 0 radical (unpaired) electrons. The lowest BCUT2D eigenvalue weighted by Crippen LogP contribution is -2.50. The smallest absolute Gasteiger partial charge is 0.409 e. The van der Waals surface area contributed by atoms with Crippen molar-refractivity contribution in [3.63, 3.8) is 0 Å². The Hall–Kier alpha value is -2.57. The van der Waals surface area contributed by atoms with E-state index in [9.17, 15) is 14.4 Å². The van der Waals surface area contributed by atoms with E-state index in [0.717, 1.165) is 0 Å². The number of amides is 2. The zero-order valence-corrected chi connectivity index (χ0v) is 15.4. The Morgan fingerprint density at radius 2 is 1.58 bits per heavy atom. The second kappa shape index (κ2) is 9.79. The summed E-state index contributed by atoms with van der Waals surface area (Å²) >= 11 is 0. The minimum atomic E-state index is -0.329. The van der Waals surface area contributed by atoms with E-state index in [2.05, 4.69) is 0 Å². The molecular formula is C19H26N2O5. The monoisotopic (exact) mass is 362 g/mol. The van der Waals surface area contributed by atoms with Crippen LogP contribution in [-0.2, 0) is 9.53 Å². The molecule has 0 bridgehead atoms. The average molecular weight is 362 g/mol. The van der Waals surface area contributed by atoms with Gasteiger partial charge in [-0.1, -0.05) is 0 Å². The van der Waals surface area contributed by atoms with Gasteiger partial charge in [-0.15, -0.1) is 0 Å². The molecule has 0 unspecified atom stereocenters. The topological polar surface area (TPSA) is 76.2 Å². The molecule has 1 aliphatic rings. The third-order valence-corrected chi connectivity index (χ3v) is 4.36. The van der Waals surface area contributed by atoms with Crippen molar-refractivity contribution < 1.29 is 23.9 Å². The summed E-state index contributed by atoms with van der Waals surface area (Å²) in [6.07, 6.45) is 0.855. The van der Waals surface area contributed by atoms with E-state index in [4.69, 9.17) is 9.47 Å². The van der Waals surface area contributed by atoms with E-state index >= 15 is 0 Å². The van der Waals surface area contributed by atoms with Crippen molar-refractivity contribution in [3.05, 3.63) is 29.8 Å². The van der Waals surface area contributed by atoms with Crippen LogP contribution in [0.15, 0.2) is 24.3 Å². The number of ketones is 1. The molecule has 0 atom stereocenters. The van der Waals surface area contributed by atoms with Crippen LogP contribution in [0.2, 0.25) is 0 Å². The van der Waals surface area contributed by atoms with Crippen molar-refractivity contribution in [2.24, 2.45) is 0 Å². The number of nitrogens with zero attached hydrogens (tertiary/aromatic N) is 2. The summed E-state index contributed by atoms with van der Waals surface area (Å²) < 4.78 is 10.0. The molecule has 26 heavy (non-hydrogen) atoms.